The van der Waals surface area contributed by atoms with E-state index in [9.17, 15) is 8.42 Å². The van der Waals surface area contributed by atoms with E-state index in [2.05, 4.69) is 0 Å². The van der Waals surface area contributed by atoms with Crippen molar-refractivity contribution in [3.8, 4) is 0 Å². The molecule has 0 aromatic carbocycles. The SMILES string of the molecule is COCC1CCCN(S(=O)(=O)c2cc(CO)oc2C)C1. The van der Waals surface area contributed by atoms with Gasteiger partial charge in [0.25, 0.3) is 0 Å². The molecular weight excluding hydrogens is 282 g/mol. The highest BCUT2D eigenvalue weighted by Gasteiger charge is 2.32. The molecule has 1 saturated heterocycles. The maximum absolute atomic E-state index is 12.6. The summed E-state index contributed by atoms with van der Waals surface area (Å²) in [5, 5.41) is 9.04. The number of methoxy groups -OCH3 is 1. The van der Waals surface area contributed by atoms with Gasteiger partial charge in [-0.25, -0.2) is 8.42 Å². The molecule has 1 aromatic heterocycles. The zero-order valence-corrected chi connectivity index (χ0v) is 12.6. The van der Waals surface area contributed by atoms with E-state index in [1.54, 1.807) is 14.0 Å². The van der Waals surface area contributed by atoms with Gasteiger partial charge in [0.2, 0.25) is 10.0 Å². The van der Waals surface area contributed by atoms with Crippen molar-refractivity contribution in [3.63, 3.8) is 0 Å². The van der Waals surface area contributed by atoms with E-state index in [4.69, 9.17) is 14.3 Å². The molecule has 0 spiro atoms. The molecule has 1 aliphatic rings. The normalized spacial score (nSPS) is 21.2. The second-order valence-electron chi connectivity index (χ2n) is 5.12. The Labute approximate surface area is 119 Å². The van der Waals surface area contributed by atoms with Gasteiger partial charge >= 0.3 is 0 Å². The maximum Gasteiger partial charge on any atom is 0.246 e. The summed E-state index contributed by atoms with van der Waals surface area (Å²) in [5.41, 5.74) is 0. The molecule has 1 atom stereocenters. The largest absolute Gasteiger partial charge is 0.462 e. The summed E-state index contributed by atoms with van der Waals surface area (Å²) < 4.78 is 37.1. The summed E-state index contributed by atoms with van der Waals surface area (Å²) in [6, 6.07) is 1.41. The smallest absolute Gasteiger partial charge is 0.246 e. The summed E-state index contributed by atoms with van der Waals surface area (Å²) in [6.45, 7) is 2.85. The van der Waals surface area contributed by atoms with Gasteiger partial charge in [-0.3, -0.25) is 0 Å². The molecule has 0 bridgehead atoms. The van der Waals surface area contributed by atoms with Gasteiger partial charge in [-0.05, 0) is 25.7 Å². The predicted molar refractivity (Wildman–Crippen MR) is 72.7 cm³/mol. The van der Waals surface area contributed by atoms with Crippen LogP contribution in [0.3, 0.4) is 0 Å². The quantitative estimate of drug-likeness (QED) is 0.882. The molecule has 1 fully saturated rings. The lowest BCUT2D eigenvalue weighted by atomic mass is 10.0. The first-order valence-electron chi connectivity index (χ1n) is 6.68. The lowest BCUT2D eigenvalue weighted by molar-refractivity contribution is 0.118. The van der Waals surface area contributed by atoms with Crippen LogP contribution in [0.1, 0.15) is 24.4 Å². The van der Waals surface area contributed by atoms with Crippen molar-refractivity contribution in [1.29, 1.82) is 0 Å². The summed E-state index contributed by atoms with van der Waals surface area (Å²) in [4.78, 5) is 0.152. The minimum atomic E-state index is -3.56. The molecule has 2 heterocycles. The molecule has 0 saturated carbocycles. The van der Waals surface area contributed by atoms with Crippen LogP contribution in [-0.4, -0.2) is 44.6 Å². The number of ether oxygens (including phenoxy) is 1. The summed E-state index contributed by atoms with van der Waals surface area (Å²) in [7, 11) is -1.93. The summed E-state index contributed by atoms with van der Waals surface area (Å²) in [6.07, 6.45) is 1.81. The Morgan fingerprint density at radius 2 is 2.30 bits per heavy atom. The molecule has 6 nitrogen and oxygen atoms in total. The second-order valence-corrected chi connectivity index (χ2v) is 7.02. The topological polar surface area (TPSA) is 80.0 Å². The average Bonchev–Trinajstić information content (AvgIpc) is 2.81. The standard InChI is InChI=1S/C13H21NO5S/c1-10-13(6-12(8-15)19-10)20(16,17)14-5-3-4-11(7-14)9-18-2/h6,11,15H,3-5,7-9H2,1-2H3. The van der Waals surface area contributed by atoms with Crippen LogP contribution in [0.15, 0.2) is 15.4 Å². The lowest BCUT2D eigenvalue weighted by Crippen LogP contribution is -2.41. The second kappa shape index (κ2) is 6.26. The fourth-order valence-electron chi connectivity index (χ4n) is 2.61. The van der Waals surface area contributed by atoms with Crippen molar-refractivity contribution in [2.75, 3.05) is 26.8 Å². The molecule has 1 aromatic rings. The predicted octanol–water partition coefficient (Wildman–Crippen LogP) is 1.13. The van der Waals surface area contributed by atoms with Crippen LogP contribution in [0.4, 0.5) is 0 Å². The van der Waals surface area contributed by atoms with Gasteiger partial charge < -0.3 is 14.3 Å². The highest BCUT2D eigenvalue weighted by molar-refractivity contribution is 7.89. The minimum absolute atomic E-state index is 0.152. The van der Waals surface area contributed by atoms with E-state index < -0.39 is 10.0 Å². The van der Waals surface area contributed by atoms with Crippen LogP contribution in [0, 0.1) is 12.8 Å². The van der Waals surface area contributed by atoms with Gasteiger partial charge in [0, 0.05) is 26.3 Å². The van der Waals surface area contributed by atoms with Crippen molar-refractivity contribution in [2.45, 2.75) is 31.3 Å². The third-order valence-electron chi connectivity index (χ3n) is 3.58. The summed E-state index contributed by atoms with van der Waals surface area (Å²) in [5.74, 6) is 0.822. The van der Waals surface area contributed by atoms with Crippen LogP contribution in [-0.2, 0) is 21.4 Å². The molecule has 0 amide bonds. The zero-order chi connectivity index (χ0) is 14.8. The van der Waals surface area contributed by atoms with Gasteiger partial charge in [0.15, 0.2) is 0 Å². The number of rotatable bonds is 5. The third-order valence-corrected chi connectivity index (χ3v) is 5.55. The molecular formula is C13H21NO5S. The Hall–Kier alpha value is -0.890. The van der Waals surface area contributed by atoms with Crippen molar-refractivity contribution in [1.82, 2.24) is 4.31 Å². The first-order chi connectivity index (χ1) is 9.48. The zero-order valence-electron chi connectivity index (χ0n) is 11.8. The number of hydrogen-bond acceptors (Lipinski definition) is 5. The number of sulfonamides is 1. The minimum Gasteiger partial charge on any atom is -0.462 e. The Morgan fingerprint density at radius 3 is 2.90 bits per heavy atom. The van der Waals surface area contributed by atoms with Gasteiger partial charge in [-0.2, -0.15) is 4.31 Å². The number of hydrogen-bond donors (Lipinski definition) is 1. The molecule has 1 aliphatic heterocycles. The fraction of sp³-hybridized carbons (Fsp3) is 0.692. The van der Waals surface area contributed by atoms with E-state index in [1.807, 2.05) is 0 Å². The highest BCUT2D eigenvalue weighted by Crippen LogP contribution is 2.27. The first kappa shape index (κ1) is 15.5. The number of nitrogens with zero attached hydrogens (tertiary/aromatic N) is 1. The number of aliphatic hydroxyl groups is 1. The number of piperidine rings is 1. The van der Waals surface area contributed by atoms with Crippen LogP contribution in [0.2, 0.25) is 0 Å². The fourth-order valence-corrected chi connectivity index (χ4v) is 4.35. The maximum atomic E-state index is 12.6. The van der Waals surface area contributed by atoms with Crippen molar-refractivity contribution < 1.29 is 22.7 Å². The van der Waals surface area contributed by atoms with E-state index in [0.717, 1.165) is 12.8 Å². The Morgan fingerprint density at radius 1 is 1.55 bits per heavy atom. The molecule has 114 valence electrons. The van der Waals surface area contributed by atoms with E-state index >= 15 is 0 Å². The van der Waals surface area contributed by atoms with E-state index in [1.165, 1.54) is 10.4 Å². The Kier molecular flexibility index (Phi) is 4.85. The summed E-state index contributed by atoms with van der Waals surface area (Å²) >= 11 is 0. The number of aliphatic hydroxyl groups excluding tert-OH is 1. The molecule has 0 aliphatic carbocycles. The van der Waals surface area contributed by atoms with Crippen LogP contribution >= 0.6 is 0 Å². The molecule has 20 heavy (non-hydrogen) atoms. The van der Waals surface area contributed by atoms with Crippen LogP contribution < -0.4 is 0 Å². The van der Waals surface area contributed by atoms with Crippen molar-refractivity contribution in [3.05, 3.63) is 17.6 Å². The molecule has 1 N–H and O–H groups in total. The average molecular weight is 303 g/mol. The molecule has 7 heteroatoms. The number of furan rings is 1. The van der Waals surface area contributed by atoms with Crippen molar-refractivity contribution >= 4 is 10.0 Å². The highest BCUT2D eigenvalue weighted by atomic mass is 32.2. The molecule has 2 rings (SSSR count). The number of aryl methyl sites for hydroxylation is 1. The van der Waals surface area contributed by atoms with Gasteiger partial charge in [-0.15, -0.1) is 0 Å². The Balaban J connectivity index is 2.22. The molecule has 0 radical (unpaired) electrons. The van der Waals surface area contributed by atoms with Crippen LogP contribution in [0.25, 0.3) is 0 Å². The van der Waals surface area contributed by atoms with E-state index in [-0.39, 0.29) is 23.2 Å². The van der Waals surface area contributed by atoms with Gasteiger partial charge in [0.05, 0.1) is 6.61 Å². The molecule has 1 unspecified atom stereocenters. The van der Waals surface area contributed by atoms with Crippen molar-refractivity contribution in [2.24, 2.45) is 5.92 Å². The third kappa shape index (κ3) is 3.06. The van der Waals surface area contributed by atoms with Gasteiger partial charge in [-0.1, -0.05) is 0 Å². The first-order valence-corrected chi connectivity index (χ1v) is 8.12. The Bertz CT molecular complexity index is 549. The van der Waals surface area contributed by atoms with E-state index in [0.29, 0.717) is 25.5 Å². The lowest BCUT2D eigenvalue weighted by Gasteiger charge is -2.31. The van der Waals surface area contributed by atoms with Gasteiger partial charge in [0.1, 0.15) is 23.0 Å². The van der Waals surface area contributed by atoms with Crippen LogP contribution in [0.5, 0.6) is 0 Å². The monoisotopic (exact) mass is 303 g/mol.